The fourth-order valence-corrected chi connectivity index (χ4v) is 2.75. The molecule has 1 aliphatic heterocycles. The van der Waals surface area contributed by atoms with Crippen LogP contribution >= 0.6 is 11.6 Å². The highest BCUT2D eigenvalue weighted by Gasteiger charge is 2.28. The van der Waals surface area contributed by atoms with E-state index in [1.807, 2.05) is 24.3 Å². The molecule has 1 aromatic carbocycles. The van der Waals surface area contributed by atoms with E-state index in [2.05, 4.69) is 17.5 Å². The number of nitrogens with one attached hydrogen (secondary N) is 1. The van der Waals surface area contributed by atoms with Gasteiger partial charge in [-0.1, -0.05) is 30.7 Å². The maximum atomic E-state index is 12.1. The number of Topliss-reactive ketones (excluding diaryl/α,β-unsaturated/α-hetero) is 1. The average molecular weight is 275 g/mol. The van der Waals surface area contributed by atoms with Gasteiger partial charge in [0.15, 0.2) is 5.78 Å². The number of halogens is 1. The zero-order valence-corrected chi connectivity index (χ0v) is 11.5. The fraction of sp³-hybridized carbons (Fsp3) is 0.333. The Morgan fingerprint density at radius 2 is 2.00 bits per heavy atom. The Kier molecular flexibility index (Phi) is 3.15. The van der Waals surface area contributed by atoms with Crippen molar-refractivity contribution in [1.82, 2.24) is 5.43 Å². The van der Waals surface area contributed by atoms with Crippen LogP contribution in [0.15, 0.2) is 40.6 Å². The summed E-state index contributed by atoms with van der Waals surface area (Å²) < 4.78 is 0. The lowest BCUT2D eigenvalue weighted by atomic mass is 9.84. The number of carbonyl (C=O) groups excluding carboxylic acids is 1. The van der Waals surface area contributed by atoms with Crippen molar-refractivity contribution in [3.05, 3.63) is 46.1 Å². The Morgan fingerprint density at radius 1 is 1.26 bits per heavy atom. The van der Waals surface area contributed by atoms with Gasteiger partial charge in [-0.25, -0.2) is 0 Å². The fourth-order valence-electron chi connectivity index (χ4n) is 2.62. The predicted octanol–water partition coefficient (Wildman–Crippen LogP) is 3.29. The molecular weight excluding hydrogens is 260 g/mol. The lowest BCUT2D eigenvalue weighted by molar-refractivity contribution is -0.117. The van der Waals surface area contributed by atoms with Crippen LogP contribution in [-0.2, 0) is 4.79 Å². The highest BCUT2D eigenvalue weighted by molar-refractivity contribution is 6.30. The topological polar surface area (TPSA) is 41.5 Å². The van der Waals surface area contributed by atoms with Gasteiger partial charge in [0.2, 0.25) is 0 Å². The van der Waals surface area contributed by atoms with Crippen molar-refractivity contribution in [1.29, 1.82) is 0 Å². The third-order valence-electron chi connectivity index (χ3n) is 3.63. The van der Waals surface area contributed by atoms with E-state index in [1.165, 1.54) is 0 Å². The summed E-state index contributed by atoms with van der Waals surface area (Å²) in [4.78, 5) is 12.1. The number of carbonyl (C=O) groups is 1. The standard InChI is InChI=1S/C15H15ClN2O/c1-9-6-14-12(15(19)7-9)8-13(17-18-14)10-2-4-11(16)5-3-10/h2-5,9,18H,6-8H2,1H3. The number of allylic oxidation sites excluding steroid dienone is 2. The van der Waals surface area contributed by atoms with Gasteiger partial charge >= 0.3 is 0 Å². The second-order valence-electron chi connectivity index (χ2n) is 5.25. The maximum absolute atomic E-state index is 12.1. The Balaban J connectivity index is 1.86. The molecule has 2 aliphatic rings. The second kappa shape index (κ2) is 4.82. The van der Waals surface area contributed by atoms with Gasteiger partial charge in [-0.05, 0) is 30.0 Å². The summed E-state index contributed by atoms with van der Waals surface area (Å²) in [6, 6.07) is 7.55. The van der Waals surface area contributed by atoms with Crippen molar-refractivity contribution in [2.75, 3.05) is 0 Å². The molecule has 0 bridgehead atoms. The third-order valence-corrected chi connectivity index (χ3v) is 3.89. The van der Waals surface area contributed by atoms with E-state index in [9.17, 15) is 4.79 Å². The average Bonchev–Trinajstić information content (AvgIpc) is 2.39. The molecule has 0 spiro atoms. The summed E-state index contributed by atoms with van der Waals surface area (Å²) in [5, 5.41) is 5.10. The first kappa shape index (κ1) is 12.4. The minimum Gasteiger partial charge on any atom is -0.294 e. The van der Waals surface area contributed by atoms with Gasteiger partial charge < -0.3 is 0 Å². The predicted molar refractivity (Wildman–Crippen MR) is 76.2 cm³/mol. The SMILES string of the molecule is CC1CC(=O)C2=C(C1)NN=C(c1ccc(Cl)cc1)C2. The molecule has 1 N–H and O–H groups in total. The molecule has 0 fully saturated rings. The van der Waals surface area contributed by atoms with E-state index in [0.29, 0.717) is 23.8 Å². The number of benzene rings is 1. The Morgan fingerprint density at radius 3 is 2.74 bits per heavy atom. The van der Waals surface area contributed by atoms with E-state index in [1.54, 1.807) is 0 Å². The van der Waals surface area contributed by atoms with Gasteiger partial charge in [-0.15, -0.1) is 0 Å². The molecule has 4 heteroatoms. The molecule has 0 amide bonds. The van der Waals surface area contributed by atoms with E-state index in [0.717, 1.165) is 29.0 Å². The van der Waals surface area contributed by atoms with Gasteiger partial charge in [-0.3, -0.25) is 10.2 Å². The summed E-state index contributed by atoms with van der Waals surface area (Å²) in [6.07, 6.45) is 2.18. The Labute approximate surface area is 117 Å². The Hall–Kier alpha value is -1.61. The summed E-state index contributed by atoms with van der Waals surface area (Å²) in [7, 11) is 0. The first-order chi connectivity index (χ1) is 9.13. The third kappa shape index (κ3) is 2.43. The Bertz CT molecular complexity index is 587. The number of hydrogen-bond acceptors (Lipinski definition) is 3. The van der Waals surface area contributed by atoms with Crippen LogP contribution in [0.3, 0.4) is 0 Å². The summed E-state index contributed by atoms with van der Waals surface area (Å²) in [5.74, 6) is 0.661. The van der Waals surface area contributed by atoms with E-state index in [-0.39, 0.29) is 5.78 Å². The van der Waals surface area contributed by atoms with Crippen LogP contribution in [0.25, 0.3) is 0 Å². The molecule has 1 aliphatic carbocycles. The molecule has 1 atom stereocenters. The minimum absolute atomic E-state index is 0.252. The van der Waals surface area contributed by atoms with Crippen molar-refractivity contribution in [2.45, 2.75) is 26.2 Å². The van der Waals surface area contributed by atoms with E-state index >= 15 is 0 Å². The van der Waals surface area contributed by atoms with Crippen LogP contribution in [0.1, 0.15) is 31.7 Å². The number of rotatable bonds is 1. The number of nitrogens with zero attached hydrogens (tertiary/aromatic N) is 1. The smallest absolute Gasteiger partial charge is 0.161 e. The summed E-state index contributed by atoms with van der Waals surface area (Å²) in [6.45, 7) is 2.10. The van der Waals surface area contributed by atoms with Gasteiger partial charge in [-0.2, -0.15) is 5.10 Å². The monoisotopic (exact) mass is 274 g/mol. The maximum Gasteiger partial charge on any atom is 0.161 e. The first-order valence-corrected chi connectivity index (χ1v) is 6.85. The molecule has 3 rings (SSSR count). The zero-order valence-electron chi connectivity index (χ0n) is 10.7. The lowest BCUT2D eigenvalue weighted by Crippen LogP contribution is -2.29. The molecule has 0 saturated heterocycles. The number of hydrogen-bond donors (Lipinski definition) is 1. The molecule has 1 unspecified atom stereocenters. The number of hydrazone groups is 1. The van der Waals surface area contributed by atoms with Crippen molar-refractivity contribution in [2.24, 2.45) is 11.0 Å². The van der Waals surface area contributed by atoms with Gasteiger partial charge in [0.25, 0.3) is 0 Å². The number of ketones is 1. The van der Waals surface area contributed by atoms with E-state index in [4.69, 9.17) is 11.6 Å². The molecule has 3 nitrogen and oxygen atoms in total. The molecule has 0 radical (unpaired) electrons. The van der Waals surface area contributed by atoms with Gasteiger partial charge in [0, 0.05) is 29.1 Å². The largest absolute Gasteiger partial charge is 0.294 e. The molecular formula is C15H15ClN2O. The molecule has 19 heavy (non-hydrogen) atoms. The lowest BCUT2D eigenvalue weighted by Gasteiger charge is -2.27. The van der Waals surface area contributed by atoms with Crippen LogP contribution in [0.2, 0.25) is 5.02 Å². The van der Waals surface area contributed by atoms with Crippen LogP contribution in [-0.4, -0.2) is 11.5 Å². The van der Waals surface area contributed by atoms with Crippen LogP contribution in [0, 0.1) is 5.92 Å². The van der Waals surface area contributed by atoms with Crippen molar-refractivity contribution in [3.8, 4) is 0 Å². The molecule has 1 heterocycles. The van der Waals surface area contributed by atoms with Crippen molar-refractivity contribution >= 4 is 23.1 Å². The summed E-state index contributed by atoms with van der Waals surface area (Å²) in [5.41, 5.74) is 6.87. The highest BCUT2D eigenvalue weighted by atomic mass is 35.5. The highest BCUT2D eigenvalue weighted by Crippen LogP contribution is 2.30. The van der Waals surface area contributed by atoms with Crippen molar-refractivity contribution < 1.29 is 4.79 Å². The minimum atomic E-state index is 0.252. The van der Waals surface area contributed by atoms with Crippen LogP contribution in [0.4, 0.5) is 0 Å². The quantitative estimate of drug-likeness (QED) is 0.854. The van der Waals surface area contributed by atoms with Crippen LogP contribution in [0.5, 0.6) is 0 Å². The molecule has 0 aromatic heterocycles. The molecule has 1 aromatic rings. The summed E-state index contributed by atoms with van der Waals surface area (Å²) >= 11 is 5.88. The second-order valence-corrected chi connectivity index (χ2v) is 5.68. The van der Waals surface area contributed by atoms with Gasteiger partial charge in [0.05, 0.1) is 5.71 Å². The van der Waals surface area contributed by atoms with Gasteiger partial charge in [0.1, 0.15) is 0 Å². The zero-order chi connectivity index (χ0) is 13.4. The molecule has 98 valence electrons. The molecule has 0 saturated carbocycles. The normalized spacial score (nSPS) is 22.7. The van der Waals surface area contributed by atoms with Crippen LogP contribution < -0.4 is 5.43 Å². The first-order valence-electron chi connectivity index (χ1n) is 6.47. The van der Waals surface area contributed by atoms with Crippen molar-refractivity contribution in [3.63, 3.8) is 0 Å². The van der Waals surface area contributed by atoms with E-state index < -0.39 is 0 Å².